The van der Waals surface area contributed by atoms with Crippen LogP contribution in [0.1, 0.15) is 36.5 Å². The van der Waals surface area contributed by atoms with Crippen molar-refractivity contribution >= 4 is 23.4 Å². The summed E-state index contributed by atoms with van der Waals surface area (Å²) in [5.74, 6) is -0.723. The number of halogens is 1. The van der Waals surface area contributed by atoms with Gasteiger partial charge in [0.2, 0.25) is 0 Å². The van der Waals surface area contributed by atoms with Crippen LogP contribution in [0.3, 0.4) is 0 Å². The molecule has 0 aliphatic heterocycles. The number of carbonyl (C=O) groups is 1. The largest absolute Gasteiger partial charge is 0.478 e. The molecule has 0 fully saturated rings. The van der Waals surface area contributed by atoms with Crippen LogP contribution in [0, 0.1) is 0 Å². The molecule has 0 aliphatic carbocycles. The number of carboxylic acid groups (broad SMARTS) is 1. The summed E-state index contributed by atoms with van der Waals surface area (Å²) in [6.45, 7) is 4.13. The van der Waals surface area contributed by atoms with E-state index in [0.717, 1.165) is 25.9 Å². The molecule has 5 nitrogen and oxygen atoms in total. The molecule has 1 aromatic rings. The topological polar surface area (TPSA) is 71.5 Å². The number of nitrogens with zero attached hydrogens (tertiary/aromatic N) is 1. The van der Waals surface area contributed by atoms with Crippen LogP contribution in [-0.4, -0.2) is 35.8 Å². The van der Waals surface area contributed by atoms with Gasteiger partial charge >= 0.3 is 5.97 Å². The van der Waals surface area contributed by atoms with Crippen molar-refractivity contribution < 1.29 is 14.6 Å². The van der Waals surface area contributed by atoms with Gasteiger partial charge in [0.05, 0.1) is 0 Å². The number of aromatic carboxylic acids is 1. The van der Waals surface area contributed by atoms with E-state index in [4.69, 9.17) is 21.4 Å². The Morgan fingerprint density at radius 2 is 2.16 bits per heavy atom. The molecule has 0 spiro atoms. The highest BCUT2D eigenvalue weighted by Crippen LogP contribution is 2.16. The zero-order chi connectivity index (χ0) is 14.1. The molecule has 0 bridgehead atoms. The number of nitrogens with one attached hydrogen (secondary N) is 1. The first-order valence-electron chi connectivity index (χ1n) is 6.36. The number of pyridine rings is 1. The highest BCUT2D eigenvalue weighted by atomic mass is 35.5. The molecule has 6 heteroatoms. The van der Waals surface area contributed by atoms with Crippen molar-refractivity contribution in [3.63, 3.8) is 0 Å². The van der Waals surface area contributed by atoms with Crippen molar-refractivity contribution in [3.8, 4) is 0 Å². The highest BCUT2D eigenvalue weighted by Gasteiger charge is 2.11. The minimum Gasteiger partial charge on any atom is -0.478 e. The van der Waals surface area contributed by atoms with Gasteiger partial charge in [-0.1, -0.05) is 24.9 Å². The lowest BCUT2D eigenvalue weighted by Crippen LogP contribution is -2.11. The lowest BCUT2D eigenvalue weighted by Gasteiger charge is -2.09. The summed E-state index contributed by atoms with van der Waals surface area (Å²) in [5.41, 5.74) is 0.122. The normalized spacial score (nSPS) is 10.4. The van der Waals surface area contributed by atoms with E-state index >= 15 is 0 Å². The Labute approximate surface area is 117 Å². The predicted octanol–water partition coefficient (Wildman–Crippen LogP) is 3.05. The number of hydrogen-bond acceptors (Lipinski definition) is 4. The first kappa shape index (κ1) is 15.7. The SMILES string of the molecule is CCCCOCCCNc1nc(Cl)ccc1C(=O)O. The molecule has 0 saturated heterocycles. The molecule has 106 valence electrons. The number of hydrogen-bond donors (Lipinski definition) is 2. The highest BCUT2D eigenvalue weighted by molar-refractivity contribution is 6.29. The summed E-state index contributed by atoms with van der Waals surface area (Å²) in [4.78, 5) is 15.0. The summed E-state index contributed by atoms with van der Waals surface area (Å²) in [6.07, 6.45) is 2.97. The Balaban J connectivity index is 2.36. The number of carboxylic acids is 1. The van der Waals surface area contributed by atoms with E-state index in [1.165, 1.54) is 12.1 Å². The second-order valence-electron chi connectivity index (χ2n) is 4.08. The van der Waals surface area contributed by atoms with Crippen molar-refractivity contribution in [2.75, 3.05) is 25.1 Å². The lowest BCUT2D eigenvalue weighted by molar-refractivity contribution is 0.0697. The number of anilines is 1. The third-order valence-corrected chi connectivity index (χ3v) is 2.70. The molecule has 1 heterocycles. The molecule has 0 atom stereocenters. The molecule has 19 heavy (non-hydrogen) atoms. The van der Waals surface area contributed by atoms with Gasteiger partial charge in [-0.25, -0.2) is 9.78 Å². The fourth-order valence-electron chi connectivity index (χ4n) is 1.47. The molecule has 0 radical (unpaired) electrons. The van der Waals surface area contributed by atoms with E-state index in [1.807, 2.05) is 0 Å². The van der Waals surface area contributed by atoms with E-state index in [2.05, 4.69) is 17.2 Å². The van der Waals surface area contributed by atoms with Crippen LogP contribution in [0.2, 0.25) is 5.15 Å². The Morgan fingerprint density at radius 1 is 1.42 bits per heavy atom. The summed E-state index contributed by atoms with van der Waals surface area (Å²) in [5, 5.41) is 12.2. The standard InChI is InChI=1S/C13H19ClN2O3/c1-2-3-8-19-9-4-7-15-12-10(13(17)18)5-6-11(14)16-12/h5-6H,2-4,7-9H2,1H3,(H,15,16)(H,17,18). The van der Waals surface area contributed by atoms with Gasteiger partial charge in [-0.05, 0) is 25.0 Å². The molecular weight excluding hydrogens is 268 g/mol. The Hall–Kier alpha value is -1.33. The molecule has 0 amide bonds. The number of unbranched alkanes of at least 4 members (excludes halogenated alkanes) is 1. The van der Waals surface area contributed by atoms with Crippen LogP contribution in [0.4, 0.5) is 5.82 Å². The van der Waals surface area contributed by atoms with Crippen molar-refractivity contribution in [2.45, 2.75) is 26.2 Å². The van der Waals surface area contributed by atoms with Gasteiger partial charge in [-0.15, -0.1) is 0 Å². The summed E-state index contributed by atoms with van der Waals surface area (Å²) in [7, 11) is 0. The molecule has 0 unspecified atom stereocenters. The van der Waals surface area contributed by atoms with Crippen molar-refractivity contribution in [3.05, 3.63) is 22.8 Å². The summed E-state index contributed by atoms with van der Waals surface area (Å²) >= 11 is 5.75. The van der Waals surface area contributed by atoms with Crippen LogP contribution in [0.25, 0.3) is 0 Å². The average molecular weight is 287 g/mol. The van der Waals surface area contributed by atoms with E-state index in [0.29, 0.717) is 19.0 Å². The number of aromatic nitrogens is 1. The van der Waals surface area contributed by atoms with Gasteiger partial charge in [0, 0.05) is 19.8 Å². The second-order valence-corrected chi connectivity index (χ2v) is 4.47. The maximum Gasteiger partial charge on any atom is 0.339 e. The maximum atomic E-state index is 11.0. The minimum absolute atomic E-state index is 0.122. The van der Waals surface area contributed by atoms with Crippen molar-refractivity contribution in [1.29, 1.82) is 0 Å². The van der Waals surface area contributed by atoms with Gasteiger partial charge in [0.15, 0.2) is 0 Å². The second kappa shape index (κ2) is 8.72. The van der Waals surface area contributed by atoms with E-state index in [9.17, 15) is 4.79 Å². The van der Waals surface area contributed by atoms with Gasteiger partial charge in [-0.3, -0.25) is 0 Å². The summed E-state index contributed by atoms with van der Waals surface area (Å²) < 4.78 is 5.41. The monoisotopic (exact) mass is 286 g/mol. The molecule has 1 aromatic heterocycles. The summed E-state index contributed by atoms with van der Waals surface area (Å²) in [6, 6.07) is 2.90. The van der Waals surface area contributed by atoms with E-state index in [1.54, 1.807) is 0 Å². The molecule has 0 saturated carbocycles. The van der Waals surface area contributed by atoms with Crippen molar-refractivity contribution in [1.82, 2.24) is 4.98 Å². The zero-order valence-corrected chi connectivity index (χ0v) is 11.7. The number of ether oxygens (including phenoxy) is 1. The van der Waals surface area contributed by atoms with Gasteiger partial charge < -0.3 is 15.2 Å². The molecule has 0 aromatic carbocycles. The van der Waals surface area contributed by atoms with E-state index < -0.39 is 5.97 Å². The first-order chi connectivity index (χ1) is 9.15. The fraction of sp³-hybridized carbons (Fsp3) is 0.538. The van der Waals surface area contributed by atoms with Crippen LogP contribution < -0.4 is 5.32 Å². The Kier molecular flexibility index (Phi) is 7.22. The smallest absolute Gasteiger partial charge is 0.339 e. The van der Waals surface area contributed by atoms with Crippen LogP contribution in [0.5, 0.6) is 0 Å². The molecule has 1 rings (SSSR count). The van der Waals surface area contributed by atoms with Crippen LogP contribution in [-0.2, 0) is 4.74 Å². The van der Waals surface area contributed by atoms with Gasteiger partial charge in [0.25, 0.3) is 0 Å². The Bertz CT molecular complexity index is 413. The van der Waals surface area contributed by atoms with Crippen LogP contribution >= 0.6 is 11.6 Å². The Morgan fingerprint density at radius 3 is 2.84 bits per heavy atom. The number of rotatable bonds is 9. The molecular formula is C13H19ClN2O3. The first-order valence-corrected chi connectivity index (χ1v) is 6.74. The van der Waals surface area contributed by atoms with Crippen molar-refractivity contribution in [2.24, 2.45) is 0 Å². The third-order valence-electron chi connectivity index (χ3n) is 2.49. The van der Waals surface area contributed by atoms with E-state index in [-0.39, 0.29) is 10.7 Å². The lowest BCUT2D eigenvalue weighted by atomic mass is 10.2. The molecule has 2 N–H and O–H groups in total. The van der Waals surface area contributed by atoms with Crippen LogP contribution in [0.15, 0.2) is 12.1 Å². The maximum absolute atomic E-state index is 11.0. The minimum atomic E-state index is -1.02. The zero-order valence-electron chi connectivity index (χ0n) is 11.0. The predicted molar refractivity (Wildman–Crippen MR) is 75.0 cm³/mol. The fourth-order valence-corrected chi connectivity index (χ4v) is 1.62. The molecule has 0 aliphatic rings. The van der Waals surface area contributed by atoms with Gasteiger partial charge in [-0.2, -0.15) is 0 Å². The third kappa shape index (κ3) is 5.89. The van der Waals surface area contributed by atoms with Gasteiger partial charge in [0.1, 0.15) is 16.5 Å². The average Bonchev–Trinajstić information content (AvgIpc) is 2.37. The quantitative estimate of drug-likeness (QED) is 0.539.